The number of nitrogens with two attached hydrogens (primary N) is 2. The van der Waals surface area contributed by atoms with Crippen molar-refractivity contribution in [2.24, 2.45) is 23.3 Å². The van der Waals surface area contributed by atoms with Crippen LogP contribution in [0.5, 0.6) is 0 Å². The Balaban J connectivity index is 3.44. The average Bonchev–Trinajstić information content (AvgIpc) is 2.00. The topological polar surface area (TPSA) is 52.0 Å². The van der Waals surface area contributed by atoms with Gasteiger partial charge in [-0.2, -0.15) is 11.8 Å². The maximum Gasteiger partial charge on any atom is 0.0132 e. The summed E-state index contributed by atoms with van der Waals surface area (Å²) in [5.74, 6) is 3.49. The molecule has 0 unspecified atom stereocenters. The quantitative estimate of drug-likeness (QED) is 0.676. The molecule has 0 aromatic carbocycles. The lowest BCUT2D eigenvalue weighted by Crippen LogP contribution is -2.28. The molecular formula is C12H28N2S. The standard InChI is InChI=1S/C12H28N2S/c1-9(2)5-11(13)7-15-8-12(14)6-10(3)4/h9-12H,5-8,13-14H2,1-4H3/t11-,12-/m0/s1. The molecule has 0 spiro atoms. The van der Waals surface area contributed by atoms with E-state index in [1.807, 2.05) is 11.8 Å². The van der Waals surface area contributed by atoms with Crippen LogP contribution >= 0.6 is 11.8 Å². The van der Waals surface area contributed by atoms with E-state index in [9.17, 15) is 0 Å². The van der Waals surface area contributed by atoms with Crippen molar-refractivity contribution in [3.63, 3.8) is 0 Å². The molecule has 0 aliphatic carbocycles. The lowest BCUT2D eigenvalue weighted by atomic mass is 10.1. The summed E-state index contributed by atoms with van der Waals surface area (Å²) in [4.78, 5) is 0. The monoisotopic (exact) mass is 232 g/mol. The van der Waals surface area contributed by atoms with E-state index in [0.29, 0.717) is 23.9 Å². The summed E-state index contributed by atoms with van der Waals surface area (Å²) < 4.78 is 0. The number of hydrogen-bond acceptors (Lipinski definition) is 3. The fourth-order valence-corrected chi connectivity index (χ4v) is 2.73. The molecule has 0 aromatic rings. The molecule has 15 heavy (non-hydrogen) atoms. The van der Waals surface area contributed by atoms with Crippen molar-refractivity contribution >= 4 is 11.8 Å². The minimum atomic E-state index is 0.334. The van der Waals surface area contributed by atoms with Crippen LogP contribution in [-0.4, -0.2) is 23.6 Å². The van der Waals surface area contributed by atoms with Gasteiger partial charge in [0.05, 0.1) is 0 Å². The average molecular weight is 232 g/mol. The van der Waals surface area contributed by atoms with Gasteiger partial charge in [-0.1, -0.05) is 27.7 Å². The van der Waals surface area contributed by atoms with Crippen LogP contribution in [0, 0.1) is 11.8 Å². The van der Waals surface area contributed by atoms with Gasteiger partial charge in [0.25, 0.3) is 0 Å². The molecule has 92 valence electrons. The van der Waals surface area contributed by atoms with Gasteiger partial charge >= 0.3 is 0 Å². The summed E-state index contributed by atoms with van der Waals surface area (Å²) in [6.07, 6.45) is 2.23. The van der Waals surface area contributed by atoms with Crippen LogP contribution in [0.2, 0.25) is 0 Å². The first-order chi connectivity index (χ1) is 6.91. The molecular weight excluding hydrogens is 204 g/mol. The SMILES string of the molecule is CC(C)C[C@H](N)CSC[C@@H](N)CC(C)C. The summed E-state index contributed by atoms with van der Waals surface area (Å²) in [5, 5.41) is 0. The largest absolute Gasteiger partial charge is 0.327 e. The van der Waals surface area contributed by atoms with Gasteiger partial charge in [-0.25, -0.2) is 0 Å². The van der Waals surface area contributed by atoms with Gasteiger partial charge in [-0.15, -0.1) is 0 Å². The van der Waals surface area contributed by atoms with Crippen LogP contribution in [0.25, 0.3) is 0 Å². The highest BCUT2D eigenvalue weighted by molar-refractivity contribution is 7.99. The van der Waals surface area contributed by atoms with E-state index >= 15 is 0 Å². The highest BCUT2D eigenvalue weighted by Gasteiger charge is 2.08. The molecule has 4 N–H and O–H groups in total. The molecule has 0 bridgehead atoms. The van der Waals surface area contributed by atoms with Gasteiger partial charge in [-0.05, 0) is 24.7 Å². The molecule has 0 aromatic heterocycles. The van der Waals surface area contributed by atoms with Gasteiger partial charge in [0, 0.05) is 23.6 Å². The van der Waals surface area contributed by atoms with Crippen molar-refractivity contribution in [1.82, 2.24) is 0 Å². The Labute approximate surface area is 99.6 Å². The van der Waals surface area contributed by atoms with E-state index in [1.54, 1.807) is 0 Å². The Morgan fingerprint density at radius 3 is 1.40 bits per heavy atom. The van der Waals surface area contributed by atoms with Gasteiger partial charge in [-0.3, -0.25) is 0 Å². The third kappa shape index (κ3) is 10.6. The first-order valence-corrected chi connectivity index (χ1v) is 7.16. The van der Waals surface area contributed by atoms with Crippen molar-refractivity contribution in [1.29, 1.82) is 0 Å². The summed E-state index contributed by atoms with van der Waals surface area (Å²) in [6, 6.07) is 0.669. The minimum absolute atomic E-state index is 0.334. The van der Waals surface area contributed by atoms with Gasteiger partial charge in [0.2, 0.25) is 0 Å². The van der Waals surface area contributed by atoms with Crippen molar-refractivity contribution in [3.05, 3.63) is 0 Å². The fraction of sp³-hybridized carbons (Fsp3) is 1.00. The van der Waals surface area contributed by atoms with E-state index in [2.05, 4.69) is 27.7 Å². The second kappa shape index (κ2) is 8.43. The maximum atomic E-state index is 6.00. The molecule has 0 saturated carbocycles. The Bertz CT molecular complexity index is 133. The predicted octanol–water partition coefficient (Wildman–Crippen LogP) is 2.47. The molecule has 0 saturated heterocycles. The molecule has 2 nitrogen and oxygen atoms in total. The summed E-state index contributed by atoms with van der Waals surface area (Å²) in [6.45, 7) is 8.87. The molecule has 0 aliphatic heterocycles. The van der Waals surface area contributed by atoms with Gasteiger partial charge < -0.3 is 11.5 Å². The molecule has 2 atom stereocenters. The Kier molecular flexibility index (Phi) is 8.58. The summed E-state index contributed by atoms with van der Waals surface area (Å²) in [7, 11) is 0. The Hall–Kier alpha value is 0.270. The van der Waals surface area contributed by atoms with Crippen molar-refractivity contribution in [2.45, 2.75) is 52.6 Å². The molecule has 0 radical (unpaired) electrons. The zero-order valence-corrected chi connectivity index (χ0v) is 11.5. The lowest BCUT2D eigenvalue weighted by molar-refractivity contribution is 0.519. The zero-order valence-electron chi connectivity index (χ0n) is 10.7. The highest BCUT2D eigenvalue weighted by Crippen LogP contribution is 2.12. The van der Waals surface area contributed by atoms with Crippen LogP contribution in [0.15, 0.2) is 0 Å². The molecule has 0 amide bonds. The molecule has 0 rings (SSSR count). The van der Waals surface area contributed by atoms with Crippen LogP contribution in [0.4, 0.5) is 0 Å². The molecule has 0 fully saturated rings. The molecule has 3 heteroatoms. The van der Waals surface area contributed by atoms with E-state index < -0.39 is 0 Å². The van der Waals surface area contributed by atoms with Crippen molar-refractivity contribution in [3.8, 4) is 0 Å². The van der Waals surface area contributed by atoms with Gasteiger partial charge in [0.1, 0.15) is 0 Å². The maximum absolute atomic E-state index is 6.00. The van der Waals surface area contributed by atoms with E-state index in [-0.39, 0.29) is 0 Å². The van der Waals surface area contributed by atoms with E-state index in [4.69, 9.17) is 11.5 Å². The highest BCUT2D eigenvalue weighted by atomic mass is 32.2. The minimum Gasteiger partial charge on any atom is -0.327 e. The van der Waals surface area contributed by atoms with Crippen LogP contribution < -0.4 is 11.5 Å². The third-order valence-electron chi connectivity index (χ3n) is 2.21. The van der Waals surface area contributed by atoms with Crippen LogP contribution in [0.3, 0.4) is 0 Å². The van der Waals surface area contributed by atoms with Crippen LogP contribution in [-0.2, 0) is 0 Å². The van der Waals surface area contributed by atoms with Crippen molar-refractivity contribution < 1.29 is 0 Å². The smallest absolute Gasteiger partial charge is 0.0132 e. The first kappa shape index (κ1) is 15.3. The van der Waals surface area contributed by atoms with E-state index in [0.717, 1.165) is 24.3 Å². The normalized spacial score (nSPS) is 16.0. The second-order valence-corrected chi connectivity index (χ2v) is 6.39. The molecule has 0 heterocycles. The number of thioether (sulfide) groups is 1. The zero-order chi connectivity index (χ0) is 11.8. The van der Waals surface area contributed by atoms with Crippen LogP contribution in [0.1, 0.15) is 40.5 Å². The van der Waals surface area contributed by atoms with Gasteiger partial charge in [0.15, 0.2) is 0 Å². The third-order valence-corrected chi connectivity index (χ3v) is 3.54. The summed E-state index contributed by atoms with van der Waals surface area (Å²) >= 11 is 1.90. The first-order valence-electron chi connectivity index (χ1n) is 6.00. The van der Waals surface area contributed by atoms with E-state index in [1.165, 1.54) is 0 Å². The Morgan fingerprint density at radius 2 is 1.13 bits per heavy atom. The fourth-order valence-electron chi connectivity index (χ4n) is 1.72. The molecule has 0 aliphatic rings. The van der Waals surface area contributed by atoms with Crippen molar-refractivity contribution in [2.75, 3.05) is 11.5 Å². The summed E-state index contributed by atoms with van der Waals surface area (Å²) in [5.41, 5.74) is 12.0. The lowest BCUT2D eigenvalue weighted by Gasteiger charge is -2.16. The second-order valence-electron chi connectivity index (χ2n) is 5.32. The predicted molar refractivity (Wildman–Crippen MR) is 72.2 cm³/mol. The Morgan fingerprint density at radius 1 is 0.800 bits per heavy atom. The number of rotatable bonds is 8. The number of hydrogen-bond donors (Lipinski definition) is 2.